The highest BCUT2D eigenvalue weighted by atomic mass is 19.1. The van der Waals surface area contributed by atoms with E-state index >= 15 is 0 Å². The van der Waals surface area contributed by atoms with E-state index in [-0.39, 0.29) is 5.82 Å². The van der Waals surface area contributed by atoms with E-state index in [9.17, 15) is 4.39 Å². The molecule has 0 bridgehead atoms. The molecule has 2 aromatic rings. The van der Waals surface area contributed by atoms with Crippen molar-refractivity contribution < 1.29 is 4.39 Å². The first-order valence-corrected chi connectivity index (χ1v) is 5.91. The Morgan fingerprint density at radius 3 is 2.56 bits per heavy atom. The topological polar surface area (TPSA) is 51.8 Å². The summed E-state index contributed by atoms with van der Waals surface area (Å²) >= 11 is 0. The molecule has 2 N–H and O–H groups in total. The molecule has 2 rings (SSSR count). The monoisotopic (exact) mass is 245 g/mol. The first-order chi connectivity index (χ1) is 8.54. The molecule has 1 aromatic heterocycles. The second-order valence-electron chi connectivity index (χ2n) is 4.38. The second-order valence-corrected chi connectivity index (χ2v) is 4.38. The number of aryl methyl sites for hydroxylation is 2. The largest absolute Gasteiger partial charge is 0.383 e. The van der Waals surface area contributed by atoms with Gasteiger partial charge in [0.1, 0.15) is 18.0 Å². The van der Waals surface area contributed by atoms with Crippen molar-refractivity contribution in [2.24, 2.45) is 0 Å². The van der Waals surface area contributed by atoms with Gasteiger partial charge < -0.3 is 5.73 Å². The van der Waals surface area contributed by atoms with E-state index in [4.69, 9.17) is 5.73 Å². The van der Waals surface area contributed by atoms with Gasteiger partial charge in [-0.2, -0.15) is 0 Å². The van der Waals surface area contributed by atoms with E-state index in [1.54, 1.807) is 0 Å². The summed E-state index contributed by atoms with van der Waals surface area (Å²) in [4.78, 5) is 8.16. The van der Waals surface area contributed by atoms with E-state index in [2.05, 4.69) is 9.97 Å². The van der Waals surface area contributed by atoms with Gasteiger partial charge in [0.15, 0.2) is 0 Å². The van der Waals surface area contributed by atoms with Crippen LogP contribution in [0.15, 0.2) is 18.5 Å². The van der Waals surface area contributed by atoms with Gasteiger partial charge in [-0.1, -0.05) is 13.0 Å². The summed E-state index contributed by atoms with van der Waals surface area (Å²) in [7, 11) is 0. The summed E-state index contributed by atoms with van der Waals surface area (Å²) in [5.41, 5.74) is 9.50. The molecule has 0 unspecified atom stereocenters. The van der Waals surface area contributed by atoms with Crippen molar-refractivity contribution in [3.63, 3.8) is 0 Å². The van der Waals surface area contributed by atoms with Crippen molar-refractivity contribution in [1.82, 2.24) is 9.97 Å². The summed E-state index contributed by atoms with van der Waals surface area (Å²) in [6, 6.07) is 3.45. The number of nitrogen functional groups attached to an aromatic ring is 1. The number of rotatable bonds is 2. The van der Waals surface area contributed by atoms with Gasteiger partial charge in [0.25, 0.3) is 0 Å². The Hall–Kier alpha value is -1.97. The molecule has 3 nitrogen and oxygen atoms in total. The summed E-state index contributed by atoms with van der Waals surface area (Å²) in [5, 5.41) is 0. The fourth-order valence-electron chi connectivity index (χ4n) is 2.21. The zero-order valence-electron chi connectivity index (χ0n) is 10.8. The van der Waals surface area contributed by atoms with Crippen LogP contribution in [0, 0.1) is 19.7 Å². The molecule has 0 aliphatic heterocycles. The molecular formula is C14H16FN3. The number of nitrogens with two attached hydrogens (primary N) is 1. The van der Waals surface area contributed by atoms with Gasteiger partial charge in [-0.15, -0.1) is 0 Å². The fraction of sp³-hybridized carbons (Fsp3) is 0.286. The number of aromatic nitrogens is 2. The third kappa shape index (κ3) is 2.06. The van der Waals surface area contributed by atoms with Crippen molar-refractivity contribution in [1.29, 1.82) is 0 Å². The molecular weight excluding hydrogens is 229 g/mol. The molecule has 0 aliphatic carbocycles. The minimum Gasteiger partial charge on any atom is -0.383 e. The number of hydrogen-bond donors (Lipinski definition) is 1. The van der Waals surface area contributed by atoms with Crippen LogP contribution in [0.5, 0.6) is 0 Å². The van der Waals surface area contributed by atoms with Crippen molar-refractivity contribution in [2.75, 3.05) is 5.73 Å². The summed E-state index contributed by atoms with van der Waals surface area (Å²) < 4.78 is 14.1. The lowest BCUT2D eigenvalue weighted by Gasteiger charge is -2.12. The Bertz CT molecular complexity index is 571. The lowest BCUT2D eigenvalue weighted by molar-refractivity contribution is 0.628. The number of nitrogens with zero attached hydrogens (tertiary/aromatic N) is 2. The highest BCUT2D eigenvalue weighted by Crippen LogP contribution is 2.30. The van der Waals surface area contributed by atoms with E-state index in [0.717, 1.165) is 16.7 Å². The van der Waals surface area contributed by atoms with E-state index in [0.29, 0.717) is 23.5 Å². The Morgan fingerprint density at radius 2 is 1.94 bits per heavy atom. The smallest absolute Gasteiger partial charge is 0.133 e. The zero-order valence-corrected chi connectivity index (χ0v) is 10.8. The van der Waals surface area contributed by atoms with Gasteiger partial charge in [-0.3, -0.25) is 0 Å². The number of anilines is 1. The van der Waals surface area contributed by atoms with Crippen LogP contribution in [-0.4, -0.2) is 9.97 Å². The van der Waals surface area contributed by atoms with Gasteiger partial charge in [0.05, 0.1) is 5.69 Å². The van der Waals surface area contributed by atoms with Crippen LogP contribution >= 0.6 is 0 Å². The maximum atomic E-state index is 14.1. The van der Waals surface area contributed by atoms with E-state index in [1.165, 1.54) is 12.4 Å². The molecule has 0 saturated carbocycles. The molecule has 0 saturated heterocycles. The zero-order chi connectivity index (χ0) is 13.3. The normalized spacial score (nSPS) is 10.7. The van der Waals surface area contributed by atoms with Gasteiger partial charge >= 0.3 is 0 Å². The van der Waals surface area contributed by atoms with Crippen LogP contribution in [0.3, 0.4) is 0 Å². The minimum atomic E-state index is -0.264. The number of halogens is 1. The van der Waals surface area contributed by atoms with Gasteiger partial charge in [0, 0.05) is 11.1 Å². The molecule has 1 heterocycles. The third-order valence-corrected chi connectivity index (χ3v) is 3.00. The highest BCUT2D eigenvalue weighted by molar-refractivity contribution is 5.71. The second kappa shape index (κ2) is 4.72. The summed E-state index contributed by atoms with van der Waals surface area (Å²) in [6.45, 7) is 5.71. The predicted octanol–water partition coefficient (Wildman–Crippen LogP) is 3.04. The molecule has 0 spiro atoms. The van der Waals surface area contributed by atoms with E-state index < -0.39 is 0 Å². The standard InChI is InChI=1S/C14H16FN3/c1-4-10-13(17-7-18-14(10)16)12-9(3)5-8(2)6-11(12)15/h5-7H,4H2,1-3H3,(H2,16,17,18). The first-order valence-electron chi connectivity index (χ1n) is 5.91. The van der Waals surface area contributed by atoms with Crippen LogP contribution in [-0.2, 0) is 6.42 Å². The molecule has 0 radical (unpaired) electrons. The van der Waals surface area contributed by atoms with Crippen molar-refractivity contribution in [3.05, 3.63) is 41.0 Å². The molecule has 0 atom stereocenters. The quantitative estimate of drug-likeness (QED) is 0.884. The fourth-order valence-corrected chi connectivity index (χ4v) is 2.21. The first kappa shape index (κ1) is 12.5. The molecule has 94 valence electrons. The third-order valence-electron chi connectivity index (χ3n) is 3.00. The van der Waals surface area contributed by atoms with Crippen LogP contribution in [0.25, 0.3) is 11.3 Å². The highest BCUT2D eigenvalue weighted by Gasteiger charge is 2.16. The lowest BCUT2D eigenvalue weighted by atomic mass is 9.98. The predicted molar refractivity (Wildman–Crippen MR) is 70.7 cm³/mol. The van der Waals surface area contributed by atoms with Crippen LogP contribution in [0.1, 0.15) is 23.6 Å². The number of hydrogen-bond acceptors (Lipinski definition) is 3. The Kier molecular flexibility index (Phi) is 3.28. The molecule has 0 aliphatic rings. The van der Waals surface area contributed by atoms with Gasteiger partial charge in [-0.25, -0.2) is 14.4 Å². The Balaban J connectivity index is 2.73. The Labute approximate surface area is 106 Å². The molecule has 18 heavy (non-hydrogen) atoms. The summed E-state index contributed by atoms with van der Waals surface area (Å²) in [5.74, 6) is 0.155. The number of benzene rings is 1. The SMILES string of the molecule is CCc1c(N)ncnc1-c1c(C)cc(C)cc1F. The van der Waals surface area contributed by atoms with Crippen LogP contribution in [0.2, 0.25) is 0 Å². The van der Waals surface area contributed by atoms with Crippen LogP contribution in [0.4, 0.5) is 10.2 Å². The average molecular weight is 245 g/mol. The van der Waals surface area contributed by atoms with Crippen molar-refractivity contribution in [2.45, 2.75) is 27.2 Å². The van der Waals surface area contributed by atoms with Crippen molar-refractivity contribution >= 4 is 5.82 Å². The van der Waals surface area contributed by atoms with Gasteiger partial charge in [-0.05, 0) is 37.5 Å². The maximum absolute atomic E-state index is 14.1. The molecule has 1 aromatic carbocycles. The van der Waals surface area contributed by atoms with Gasteiger partial charge in [0.2, 0.25) is 0 Å². The molecule has 0 fully saturated rings. The lowest BCUT2D eigenvalue weighted by Crippen LogP contribution is -2.03. The maximum Gasteiger partial charge on any atom is 0.133 e. The molecule has 0 amide bonds. The average Bonchev–Trinajstić information content (AvgIpc) is 2.27. The van der Waals surface area contributed by atoms with Crippen molar-refractivity contribution in [3.8, 4) is 11.3 Å². The van der Waals surface area contributed by atoms with Crippen LogP contribution < -0.4 is 5.73 Å². The molecule has 4 heteroatoms. The minimum absolute atomic E-state index is 0.264. The Morgan fingerprint density at radius 1 is 1.22 bits per heavy atom. The van der Waals surface area contributed by atoms with E-state index in [1.807, 2.05) is 26.8 Å². The summed E-state index contributed by atoms with van der Waals surface area (Å²) in [6.07, 6.45) is 2.05.